The van der Waals surface area contributed by atoms with Crippen LogP contribution in [0.5, 0.6) is 0 Å². The normalized spacial score (nSPS) is 15.4. The molecule has 0 aromatic heterocycles. The molecule has 0 amide bonds. The Hall–Kier alpha value is -0.0431. The van der Waals surface area contributed by atoms with Crippen LogP contribution in [0.25, 0.3) is 0 Å². The van der Waals surface area contributed by atoms with Crippen molar-refractivity contribution in [3.05, 3.63) is 12.7 Å². The standard InChI is InChI=1S/C8H18Si/c1-5-7(6-2)8(3,4)9/h5,7H,1,6H2,2-4,9H3. The highest BCUT2D eigenvalue weighted by atomic mass is 28.1. The van der Waals surface area contributed by atoms with Gasteiger partial charge in [-0.15, -0.1) is 6.58 Å². The van der Waals surface area contributed by atoms with Crippen molar-refractivity contribution in [2.75, 3.05) is 0 Å². The molecule has 0 saturated heterocycles. The van der Waals surface area contributed by atoms with Gasteiger partial charge in [-0.3, -0.25) is 0 Å². The van der Waals surface area contributed by atoms with Gasteiger partial charge < -0.3 is 0 Å². The molecule has 0 aromatic carbocycles. The second-order valence-electron chi connectivity index (χ2n) is 3.62. The molecule has 0 spiro atoms. The van der Waals surface area contributed by atoms with Crippen molar-refractivity contribution in [1.82, 2.24) is 0 Å². The van der Waals surface area contributed by atoms with Gasteiger partial charge in [0.2, 0.25) is 0 Å². The molecule has 9 heavy (non-hydrogen) atoms. The fourth-order valence-electron chi connectivity index (χ4n) is 1.13. The first-order valence-electron chi connectivity index (χ1n) is 3.65. The Morgan fingerprint density at radius 2 is 2.11 bits per heavy atom. The van der Waals surface area contributed by atoms with Crippen LogP contribution in [-0.2, 0) is 0 Å². The lowest BCUT2D eigenvalue weighted by Crippen LogP contribution is -2.13. The summed E-state index contributed by atoms with van der Waals surface area (Å²) < 4.78 is 0. The highest BCUT2D eigenvalue weighted by Crippen LogP contribution is 2.33. The van der Waals surface area contributed by atoms with Crippen LogP contribution >= 0.6 is 0 Å². The molecular formula is C8H18Si. The summed E-state index contributed by atoms with van der Waals surface area (Å²) in [6, 6.07) is 0. The number of allylic oxidation sites excluding steroid dienone is 1. The van der Waals surface area contributed by atoms with Crippen LogP contribution in [0.15, 0.2) is 12.7 Å². The molecule has 0 radical (unpaired) electrons. The average Bonchev–Trinajstić information content (AvgIpc) is 1.65. The SMILES string of the molecule is C=CC(CC)C(C)(C)[SiH3]. The van der Waals surface area contributed by atoms with Gasteiger partial charge in [0.15, 0.2) is 0 Å². The van der Waals surface area contributed by atoms with Gasteiger partial charge in [-0.25, -0.2) is 0 Å². The molecule has 1 unspecified atom stereocenters. The molecule has 54 valence electrons. The lowest BCUT2D eigenvalue weighted by atomic mass is 9.92. The zero-order valence-electron chi connectivity index (χ0n) is 7.07. The fraction of sp³-hybridized carbons (Fsp3) is 0.750. The van der Waals surface area contributed by atoms with E-state index < -0.39 is 0 Å². The van der Waals surface area contributed by atoms with E-state index in [-0.39, 0.29) is 0 Å². The van der Waals surface area contributed by atoms with E-state index in [2.05, 4.69) is 33.4 Å². The van der Waals surface area contributed by atoms with Crippen LogP contribution in [0.2, 0.25) is 5.04 Å². The zero-order chi connectivity index (χ0) is 7.49. The van der Waals surface area contributed by atoms with Gasteiger partial charge >= 0.3 is 0 Å². The third kappa shape index (κ3) is 2.85. The van der Waals surface area contributed by atoms with Crippen molar-refractivity contribution < 1.29 is 0 Å². The molecule has 1 heteroatoms. The van der Waals surface area contributed by atoms with E-state index in [9.17, 15) is 0 Å². The minimum Gasteiger partial charge on any atom is -0.103 e. The van der Waals surface area contributed by atoms with E-state index in [1.54, 1.807) is 0 Å². The van der Waals surface area contributed by atoms with E-state index in [4.69, 9.17) is 0 Å². The number of hydrogen-bond donors (Lipinski definition) is 0. The molecule has 0 rings (SSSR count). The molecule has 1 atom stereocenters. The third-order valence-corrected chi connectivity index (χ3v) is 2.58. The Balaban J connectivity index is 3.94. The minimum absolute atomic E-state index is 0.538. The van der Waals surface area contributed by atoms with E-state index in [1.807, 2.05) is 0 Å². The Morgan fingerprint density at radius 3 is 2.11 bits per heavy atom. The summed E-state index contributed by atoms with van der Waals surface area (Å²) in [6.45, 7) is 10.7. The highest BCUT2D eigenvalue weighted by molar-refractivity contribution is 6.14. The van der Waals surface area contributed by atoms with Gasteiger partial charge in [0.1, 0.15) is 0 Å². The van der Waals surface area contributed by atoms with Gasteiger partial charge in [-0.1, -0.05) is 26.8 Å². The van der Waals surface area contributed by atoms with Crippen LogP contribution in [0.4, 0.5) is 0 Å². The summed E-state index contributed by atoms with van der Waals surface area (Å²) in [4.78, 5) is 0. The van der Waals surface area contributed by atoms with Crippen molar-refractivity contribution >= 4 is 10.2 Å². The second-order valence-corrected chi connectivity index (χ2v) is 6.19. The third-order valence-electron chi connectivity index (χ3n) is 1.84. The maximum Gasteiger partial charge on any atom is 0.0107 e. The Kier molecular flexibility index (Phi) is 3.19. The Morgan fingerprint density at radius 1 is 1.67 bits per heavy atom. The molecule has 0 aliphatic carbocycles. The summed E-state index contributed by atoms with van der Waals surface area (Å²) in [5, 5.41) is 0.538. The molecule has 0 nitrogen and oxygen atoms in total. The topological polar surface area (TPSA) is 0 Å². The number of rotatable bonds is 3. The van der Waals surface area contributed by atoms with Crippen molar-refractivity contribution in [2.24, 2.45) is 5.92 Å². The summed E-state index contributed by atoms with van der Waals surface area (Å²) in [5.41, 5.74) is 0. The first-order chi connectivity index (χ1) is 4.02. The van der Waals surface area contributed by atoms with E-state index >= 15 is 0 Å². The first kappa shape index (κ1) is 8.96. The average molecular weight is 142 g/mol. The smallest absolute Gasteiger partial charge is 0.0107 e. The van der Waals surface area contributed by atoms with Crippen LogP contribution in [0, 0.1) is 5.92 Å². The summed E-state index contributed by atoms with van der Waals surface area (Å²) >= 11 is 0. The van der Waals surface area contributed by atoms with E-state index in [0.29, 0.717) is 5.04 Å². The van der Waals surface area contributed by atoms with Crippen molar-refractivity contribution in [3.63, 3.8) is 0 Å². The van der Waals surface area contributed by atoms with Gasteiger partial charge in [0.05, 0.1) is 0 Å². The van der Waals surface area contributed by atoms with Gasteiger partial charge in [0, 0.05) is 10.2 Å². The van der Waals surface area contributed by atoms with Crippen LogP contribution in [0.3, 0.4) is 0 Å². The predicted molar refractivity (Wildman–Crippen MR) is 48.0 cm³/mol. The molecule has 0 aromatic rings. The van der Waals surface area contributed by atoms with Gasteiger partial charge in [0.25, 0.3) is 0 Å². The lowest BCUT2D eigenvalue weighted by molar-refractivity contribution is 0.476. The van der Waals surface area contributed by atoms with Crippen molar-refractivity contribution in [1.29, 1.82) is 0 Å². The van der Waals surface area contributed by atoms with Crippen LogP contribution < -0.4 is 0 Å². The quantitative estimate of drug-likeness (QED) is 0.416. The summed E-state index contributed by atoms with van der Waals surface area (Å²) in [7, 11) is 1.26. The zero-order valence-corrected chi connectivity index (χ0v) is 9.07. The molecule has 0 aliphatic rings. The van der Waals surface area contributed by atoms with E-state index in [0.717, 1.165) is 5.92 Å². The summed E-state index contributed by atoms with van der Waals surface area (Å²) in [5.74, 6) is 0.726. The highest BCUT2D eigenvalue weighted by Gasteiger charge is 2.18. The maximum atomic E-state index is 3.82. The largest absolute Gasteiger partial charge is 0.103 e. The summed E-state index contributed by atoms with van der Waals surface area (Å²) in [6.07, 6.45) is 3.33. The Bertz CT molecular complexity index is 89.2. The lowest BCUT2D eigenvalue weighted by Gasteiger charge is -2.26. The molecule has 0 saturated carbocycles. The Labute approximate surface area is 61.8 Å². The van der Waals surface area contributed by atoms with Gasteiger partial charge in [-0.05, 0) is 17.4 Å². The molecular weight excluding hydrogens is 124 g/mol. The molecule has 0 aliphatic heterocycles. The molecule has 0 heterocycles. The molecule has 0 N–H and O–H groups in total. The van der Waals surface area contributed by atoms with Crippen LogP contribution in [-0.4, -0.2) is 10.2 Å². The fourth-order valence-corrected chi connectivity index (χ4v) is 1.78. The van der Waals surface area contributed by atoms with E-state index in [1.165, 1.54) is 16.7 Å². The number of hydrogen-bond acceptors (Lipinski definition) is 0. The minimum atomic E-state index is 0.538. The van der Waals surface area contributed by atoms with Crippen molar-refractivity contribution in [2.45, 2.75) is 32.2 Å². The van der Waals surface area contributed by atoms with Crippen molar-refractivity contribution in [3.8, 4) is 0 Å². The molecule has 0 fully saturated rings. The predicted octanol–water partition coefficient (Wildman–Crippen LogP) is 1.76. The van der Waals surface area contributed by atoms with Crippen LogP contribution in [0.1, 0.15) is 27.2 Å². The second kappa shape index (κ2) is 3.21. The maximum absolute atomic E-state index is 3.82. The van der Waals surface area contributed by atoms with Gasteiger partial charge in [-0.2, -0.15) is 0 Å². The molecule has 0 bridgehead atoms. The first-order valence-corrected chi connectivity index (χ1v) is 4.65. The monoisotopic (exact) mass is 142 g/mol.